The van der Waals surface area contributed by atoms with Gasteiger partial charge in [0.1, 0.15) is 24.3 Å². The van der Waals surface area contributed by atoms with E-state index in [4.69, 9.17) is 8.92 Å². The molecule has 3 aromatic rings. The zero-order chi connectivity index (χ0) is 19.7. The van der Waals surface area contributed by atoms with Crippen molar-refractivity contribution in [3.05, 3.63) is 83.7 Å². The minimum atomic E-state index is -3.88. The Labute approximate surface area is 163 Å². The molecule has 3 aromatic carbocycles. The molecule has 1 heterocycles. The highest BCUT2D eigenvalue weighted by molar-refractivity contribution is 7.86. The van der Waals surface area contributed by atoms with Crippen LogP contribution < -0.4 is 4.74 Å². The van der Waals surface area contributed by atoms with Crippen molar-refractivity contribution in [2.75, 3.05) is 6.61 Å². The lowest BCUT2D eigenvalue weighted by Crippen LogP contribution is -2.23. The van der Waals surface area contributed by atoms with E-state index in [2.05, 4.69) is 0 Å². The maximum Gasteiger partial charge on any atom is 0.297 e. The molecule has 0 radical (unpaired) electrons. The van der Waals surface area contributed by atoms with Crippen molar-refractivity contribution >= 4 is 10.1 Å². The SMILES string of the molecule is Cc1ccc(S(=O)(=O)OCC2Cc3cc(F)cc(-c4ccccc4)c3O2)cc1. The van der Waals surface area contributed by atoms with E-state index >= 15 is 0 Å². The van der Waals surface area contributed by atoms with Gasteiger partial charge in [0.25, 0.3) is 10.1 Å². The third-order valence-electron chi connectivity index (χ3n) is 4.67. The van der Waals surface area contributed by atoms with Gasteiger partial charge in [0.15, 0.2) is 0 Å². The Morgan fingerprint density at radius 1 is 1.07 bits per heavy atom. The second-order valence-electron chi connectivity index (χ2n) is 6.80. The van der Waals surface area contributed by atoms with Gasteiger partial charge >= 0.3 is 0 Å². The molecule has 1 aliphatic rings. The summed E-state index contributed by atoms with van der Waals surface area (Å²) < 4.78 is 50.0. The number of benzene rings is 3. The van der Waals surface area contributed by atoms with Gasteiger partial charge in [-0.3, -0.25) is 4.18 Å². The van der Waals surface area contributed by atoms with Crippen LogP contribution in [-0.4, -0.2) is 21.1 Å². The van der Waals surface area contributed by atoms with Crippen LogP contribution in [0.2, 0.25) is 0 Å². The Hall–Kier alpha value is -2.70. The van der Waals surface area contributed by atoms with E-state index in [1.165, 1.54) is 24.3 Å². The first-order valence-electron chi connectivity index (χ1n) is 8.93. The molecule has 144 valence electrons. The quantitative estimate of drug-likeness (QED) is 0.594. The molecule has 0 bridgehead atoms. The summed E-state index contributed by atoms with van der Waals surface area (Å²) in [6.45, 7) is 1.74. The van der Waals surface area contributed by atoms with E-state index < -0.39 is 16.2 Å². The number of rotatable bonds is 5. The van der Waals surface area contributed by atoms with Crippen LogP contribution in [-0.2, 0) is 20.7 Å². The lowest BCUT2D eigenvalue weighted by atomic mass is 10.0. The predicted octanol–water partition coefficient (Wildman–Crippen LogP) is 4.51. The summed E-state index contributed by atoms with van der Waals surface area (Å²) in [4.78, 5) is 0.102. The Morgan fingerprint density at radius 2 is 1.79 bits per heavy atom. The highest BCUT2D eigenvalue weighted by Crippen LogP contribution is 2.39. The average Bonchev–Trinajstić information content (AvgIpc) is 3.10. The maximum atomic E-state index is 14.1. The number of halogens is 1. The molecule has 1 aliphatic heterocycles. The first-order valence-corrected chi connectivity index (χ1v) is 10.3. The van der Waals surface area contributed by atoms with Gasteiger partial charge in [-0.25, -0.2) is 4.39 Å². The fraction of sp³-hybridized carbons (Fsp3) is 0.182. The summed E-state index contributed by atoms with van der Waals surface area (Å²) in [6.07, 6.45) is -0.115. The van der Waals surface area contributed by atoms with Crippen LogP contribution in [0.4, 0.5) is 4.39 Å². The smallest absolute Gasteiger partial charge is 0.297 e. The zero-order valence-electron chi connectivity index (χ0n) is 15.3. The summed E-state index contributed by atoms with van der Waals surface area (Å²) in [5.41, 5.74) is 3.16. The highest BCUT2D eigenvalue weighted by Gasteiger charge is 2.29. The topological polar surface area (TPSA) is 52.6 Å². The summed E-state index contributed by atoms with van der Waals surface area (Å²) >= 11 is 0. The van der Waals surface area contributed by atoms with Crippen molar-refractivity contribution in [1.82, 2.24) is 0 Å². The molecule has 1 atom stereocenters. The number of ether oxygens (including phenoxy) is 1. The van der Waals surface area contributed by atoms with E-state index in [0.717, 1.165) is 11.1 Å². The molecule has 0 saturated carbocycles. The van der Waals surface area contributed by atoms with Crippen molar-refractivity contribution in [2.24, 2.45) is 0 Å². The fourth-order valence-corrected chi connectivity index (χ4v) is 4.19. The van der Waals surface area contributed by atoms with Crippen molar-refractivity contribution in [2.45, 2.75) is 24.3 Å². The second-order valence-corrected chi connectivity index (χ2v) is 8.42. The largest absolute Gasteiger partial charge is 0.487 e. The van der Waals surface area contributed by atoms with Gasteiger partial charge in [-0.1, -0.05) is 48.0 Å². The van der Waals surface area contributed by atoms with Crippen LogP contribution in [0.25, 0.3) is 11.1 Å². The highest BCUT2D eigenvalue weighted by atomic mass is 32.2. The number of hydrogen-bond acceptors (Lipinski definition) is 4. The lowest BCUT2D eigenvalue weighted by molar-refractivity contribution is 0.152. The molecule has 0 saturated heterocycles. The molecule has 0 aromatic heterocycles. The van der Waals surface area contributed by atoms with E-state index in [-0.39, 0.29) is 17.3 Å². The monoisotopic (exact) mass is 398 g/mol. The Morgan fingerprint density at radius 3 is 2.50 bits per heavy atom. The summed E-state index contributed by atoms with van der Waals surface area (Å²) in [6, 6.07) is 18.7. The first-order chi connectivity index (χ1) is 13.4. The molecule has 0 aliphatic carbocycles. The molecular weight excluding hydrogens is 379 g/mol. The van der Waals surface area contributed by atoms with Crippen LogP contribution in [0.1, 0.15) is 11.1 Å². The van der Waals surface area contributed by atoms with E-state index in [1.807, 2.05) is 37.3 Å². The average molecular weight is 398 g/mol. The van der Waals surface area contributed by atoms with Crippen LogP contribution in [0.5, 0.6) is 5.75 Å². The van der Waals surface area contributed by atoms with Gasteiger partial charge in [0.2, 0.25) is 0 Å². The van der Waals surface area contributed by atoms with Crippen molar-refractivity contribution < 1.29 is 21.7 Å². The van der Waals surface area contributed by atoms with E-state index in [0.29, 0.717) is 23.3 Å². The van der Waals surface area contributed by atoms with E-state index in [9.17, 15) is 12.8 Å². The molecular formula is C22H19FO4S. The fourth-order valence-electron chi connectivity index (χ4n) is 3.26. The van der Waals surface area contributed by atoms with E-state index in [1.54, 1.807) is 12.1 Å². The molecule has 1 unspecified atom stereocenters. The van der Waals surface area contributed by atoms with Gasteiger partial charge in [-0.15, -0.1) is 0 Å². The molecule has 6 heteroatoms. The van der Waals surface area contributed by atoms with Crippen LogP contribution in [0.3, 0.4) is 0 Å². The van der Waals surface area contributed by atoms with Gasteiger partial charge < -0.3 is 4.74 Å². The Balaban J connectivity index is 1.52. The van der Waals surface area contributed by atoms with Crippen molar-refractivity contribution in [1.29, 1.82) is 0 Å². The molecule has 0 fully saturated rings. The normalized spacial score (nSPS) is 15.9. The van der Waals surface area contributed by atoms with Crippen LogP contribution >= 0.6 is 0 Å². The molecule has 28 heavy (non-hydrogen) atoms. The molecule has 4 nitrogen and oxygen atoms in total. The molecule has 0 spiro atoms. The van der Waals surface area contributed by atoms with Gasteiger partial charge in [0, 0.05) is 17.5 Å². The summed E-state index contributed by atoms with van der Waals surface area (Å²) in [5, 5.41) is 0. The minimum Gasteiger partial charge on any atom is -0.487 e. The zero-order valence-corrected chi connectivity index (χ0v) is 16.1. The minimum absolute atomic E-state index is 0.102. The molecule has 0 amide bonds. The number of hydrogen-bond donors (Lipinski definition) is 0. The van der Waals surface area contributed by atoms with Crippen LogP contribution in [0.15, 0.2) is 71.6 Å². The predicted molar refractivity (Wildman–Crippen MR) is 104 cm³/mol. The Kier molecular flexibility index (Phi) is 4.91. The van der Waals surface area contributed by atoms with Gasteiger partial charge in [0.05, 0.1) is 4.90 Å². The third-order valence-corrected chi connectivity index (χ3v) is 5.96. The van der Waals surface area contributed by atoms with Crippen molar-refractivity contribution in [3.63, 3.8) is 0 Å². The standard InChI is InChI=1S/C22H19FO4S/c1-15-7-9-20(10-8-15)28(24,25)26-14-19-12-17-11-18(23)13-21(22(17)27-19)16-5-3-2-4-6-16/h2-11,13,19H,12,14H2,1H3. The third kappa shape index (κ3) is 3.79. The first kappa shape index (κ1) is 18.7. The van der Waals surface area contributed by atoms with Crippen molar-refractivity contribution in [3.8, 4) is 16.9 Å². The summed E-state index contributed by atoms with van der Waals surface area (Å²) in [7, 11) is -3.88. The molecule has 4 rings (SSSR count). The number of aryl methyl sites for hydroxylation is 1. The van der Waals surface area contributed by atoms with Crippen LogP contribution in [0, 0.1) is 12.7 Å². The second kappa shape index (κ2) is 7.37. The summed E-state index contributed by atoms with van der Waals surface area (Å²) in [5.74, 6) is 0.226. The number of fused-ring (bicyclic) bond motifs is 1. The molecule has 0 N–H and O–H groups in total. The lowest BCUT2D eigenvalue weighted by Gasteiger charge is -2.13. The van der Waals surface area contributed by atoms with Gasteiger partial charge in [-0.05, 0) is 36.8 Å². The Bertz CT molecular complexity index is 1090. The maximum absolute atomic E-state index is 14.1. The van der Waals surface area contributed by atoms with Gasteiger partial charge in [-0.2, -0.15) is 8.42 Å².